The van der Waals surface area contributed by atoms with Gasteiger partial charge in [0, 0.05) is 54.6 Å². The number of benzene rings is 2. The highest BCUT2D eigenvalue weighted by molar-refractivity contribution is 5.89. The minimum atomic E-state index is -1.04. The molecule has 2 aliphatic carbocycles. The summed E-state index contributed by atoms with van der Waals surface area (Å²) in [5.74, 6) is -1.08. The molecule has 41 heavy (non-hydrogen) atoms. The molecule has 3 aromatic rings. The Morgan fingerprint density at radius 2 is 1.68 bits per heavy atom. The van der Waals surface area contributed by atoms with Crippen LogP contribution in [0.5, 0.6) is 5.75 Å². The Morgan fingerprint density at radius 1 is 0.976 bits per heavy atom. The number of hydrogen-bond acceptors (Lipinski definition) is 4. The summed E-state index contributed by atoms with van der Waals surface area (Å²) in [6.07, 6.45) is 6.98. The lowest BCUT2D eigenvalue weighted by atomic mass is 9.93. The van der Waals surface area contributed by atoms with Gasteiger partial charge in [0.1, 0.15) is 17.4 Å². The van der Waals surface area contributed by atoms with Crippen LogP contribution in [0.15, 0.2) is 47.4 Å². The topological polar surface area (TPSA) is 71.8 Å². The van der Waals surface area contributed by atoms with Crippen LogP contribution in [0.1, 0.15) is 97.3 Å². The van der Waals surface area contributed by atoms with E-state index in [-0.39, 0.29) is 29.2 Å². The maximum absolute atomic E-state index is 14.9. The molecule has 3 aliphatic rings. The van der Waals surface area contributed by atoms with Crippen molar-refractivity contribution < 1.29 is 23.4 Å². The van der Waals surface area contributed by atoms with Crippen LogP contribution in [0.2, 0.25) is 0 Å². The molecule has 1 aliphatic heterocycles. The number of aromatic carboxylic acids is 1. The molecule has 0 bridgehead atoms. The van der Waals surface area contributed by atoms with Gasteiger partial charge >= 0.3 is 5.97 Å². The van der Waals surface area contributed by atoms with Gasteiger partial charge in [-0.05, 0) is 106 Å². The van der Waals surface area contributed by atoms with E-state index in [1.54, 1.807) is 16.8 Å². The van der Waals surface area contributed by atoms with Gasteiger partial charge in [-0.15, -0.1) is 0 Å². The zero-order chi connectivity index (χ0) is 28.8. The average molecular weight is 563 g/mol. The number of aromatic nitrogens is 1. The largest absolute Gasteiger partial charge is 0.491 e. The van der Waals surface area contributed by atoms with Gasteiger partial charge in [0.25, 0.3) is 5.56 Å². The first-order chi connectivity index (χ1) is 19.7. The van der Waals surface area contributed by atoms with Crippen LogP contribution in [0.4, 0.5) is 8.78 Å². The van der Waals surface area contributed by atoms with Crippen molar-refractivity contribution in [1.82, 2.24) is 9.47 Å². The number of halogens is 2. The number of ether oxygens (including phenoxy) is 1. The maximum Gasteiger partial charge on any atom is 0.336 e. The Balaban J connectivity index is 1.24. The first kappa shape index (κ1) is 27.6. The lowest BCUT2D eigenvalue weighted by molar-refractivity contribution is 0.0694. The third-order valence-corrected chi connectivity index (χ3v) is 8.55. The molecule has 8 heteroatoms. The van der Waals surface area contributed by atoms with Gasteiger partial charge in [-0.25, -0.2) is 13.6 Å². The van der Waals surface area contributed by atoms with E-state index in [0.29, 0.717) is 29.3 Å². The summed E-state index contributed by atoms with van der Waals surface area (Å²) < 4.78 is 36.5. The van der Waals surface area contributed by atoms with E-state index in [9.17, 15) is 23.5 Å². The molecular weight excluding hydrogens is 526 g/mol. The fourth-order valence-electron chi connectivity index (χ4n) is 6.21. The highest BCUT2D eigenvalue weighted by Crippen LogP contribution is 2.47. The van der Waals surface area contributed by atoms with Crippen LogP contribution < -0.4 is 10.3 Å². The highest BCUT2D eigenvalue weighted by atomic mass is 19.1. The number of piperidine rings is 1. The van der Waals surface area contributed by atoms with Crippen LogP contribution in [-0.4, -0.2) is 39.7 Å². The molecule has 2 saturated carbocycles. The number of carboxylic acid groups (broad SMARTS) is 1. The first-order valence-electron chi connectivity index (χ1n) is 14.7. The summed E-state index contributed by atoms with van der Waals surface area (Å²) >= 11 is 0. The van der Waals surface area contributed by atoms with Crippen LogP contribution in [0.25, 0.3) is 11.1 Å². The van der Waals surface area contributed by atoms with Crippen molar-refractivity contribution in [2.24, 2.45) is 0 Å². The van der Waals surface area contributed by atoms with Gasteiger partial charge in [-0.2, -0.15) is 0 Å². The Kier molecular flexibility index (Phi) is 7.45. The van der Waals surface area contributed by atoms with Gasteiger partial charge in [0.05, 0.1) is 11.7 Å². The monoisotopic (exact) mass is 562 g/mol. The molecule has 1 N–H and O–H groups in total. The van der Waals surface area contributed by atoms with E-state index >= 15 is 0 Å². The van der Waals surface area contributed by atoms with E-state index < -0.39 is 17.6 Å². The molecule has 3 fully saturated rings. The highest BCUT2D eigenvalue weighted by Gasteiger charge is 2.34. The molecule has 2 aromatic carbocycles. The number of rotatable bonds is 9. The summed E-state index contributed by atoms with van der Waals surface area (Å²) in [5.41, 5.74) is 3.72. The van der Waals surface area contributed by atoms with Gasteiger partial charge in [0.15, 0.2) is 0 Å². The third-order valence-electron chi connectivity index (χ3n) is 8.55. The van der Waals surface area contributed by atoms with Crippen molar-refractivity contribution in [2.75, 3.05) is 13.1 Å². The van der Waals surface area contributed by atoms with Crippen molar-refractivity contribution in [3.05, 3.63) is 86.8 Å². The van der Waals surface area contributed by atoms with Crippen LogP contribution in [0.3, 0.4) is 0 Å². The molecule has 6 rings (SSSR count). The molecule has 2 heterocycles. The summed E-state index contributed by atoms with van der Waals surface area (Å²) in [5, 5.41) is 9.59. The third kappa shape index (κ3) is 5.80. The lowest BCUT2D eigenvalue weighted by Crippen LogP contribution is -2.38. The predicted octanol–water partition coefficient (Wildman–Crippen LogP) is 6.87. The standard InChI is InChI=1S/C33H36F2N2O4/c1-19(2)41-30-17-28(25-8-7-23(34)16-29(25)35)27(20-3-4-20)15-22(30)18-36-12-9-24(10-13-36)37-14-11-26(33(39)40)31(32(37)38)21-5-6-21/h7-8,11,14-17,19-21,24H,3-6,9-10,12-13,18H2,1-2H3,(H,39,40). The second-order valence-electron chi connectivity index (χ2n) is 12.1. The minimum Gasteiger partial charge on any atom is -0.491 e. The zero-order valence-corrected chi connectivity index (χ0v) is 23.5. The normalized spacial score (nSPS) is 18.2. The van der Waals surface area contributed by atoms with E-state index in [1.165, 1.54) is 12.1 Å². The summed E-state index contributed by atoms with van der Waals surface area (Å²) in [6.45, 7) is 6.16. The van der Waals surface area contributed by atoms with Gasteiger partial charge in [-0.3, -0.25) is 9.69 Å². The fourth-order valence-corrected chi connectivity index (χ4v) is 6.21. The molecule has 6 nitrogen and oxygen atoms in total. The molecule has 0 radical (unpaired) electrons. The Hall–Kier alpha value is -3.52. The van der Waals surface area contributed by atoms with E-state index in [4.69, 9.17) is 4.74 Å². The zero-order valence-electron chi connectivity index (χ0n) is 23.5. The molecular formula is C33H36F2N2O4. The van der Waals surface area contributed by atoms with Crippen LogP contribution in [-0.2, 0) is 6.54 Å². The number of likely N-dealkylation sites (tertiary alicyclic amines) is 1. The molecule has 0 spiro atoms. The predicted molar refractivity (Wildman–Crippen MR) is 153 cm³/mol. The van der Waals surface area contributed by atoms with Gasteiger partial charge < -0.3 is 14.4 Å². The Labute approximate surface area is 238 Å². The maximum atomic E-state index is 14.9. The van der Waals surface area contributed by atoms with Crippen LogP contribution in [0, 0.1) is 11.6 Å². The van der Waals surface area contributed by atoms with E-state index in [1.807, 2.05) is 19.9 Å². The molecule has 1 saturated heterocycles. The second-order valence-corrected chi connectivity index (χ2v) is 12.1. The SMILES string of the molecule is CC(C)Oc1cc(-c2ccc(F)cc2F)c(C2CC2)cc1CN1CCC(n2ccc(C(=O)O)c(C3CC3)c2=O)CC1. The molecule has 0 unspecified atom stereocenters. The average Bonchev–Trinajstić information content (AvgIpc) is 3.84. The molecule has 1 aromatic heterocycles. The van der Waals surface area contributed by atoms with Crippen LogP contribution >= 0.6 is 0 Å². The smallest absolute Gasteiger partial charge is 0.336 e. The number of hydrogen-bond donors (Lipinski definition) is 1. The lowest BCUT2D eigenvalue weighted by Gasteiger charge is -2.34. The molecule has 216 valence electrons. The van der Waals surface area contributed by atoms with Gasteiger partial charge in [0.2, 0.25) is 0 Å². The summed E-state index contributed by atoms with van der Waals surface area (Å²) in [6, 6.07) is 9.42. The summed E-state index contributed by atoms with van der Waals surface area (Å²) in [4.78, 5) is 27.4. The second kappa shape index (κ2) is 11.0. The van der Waals surface area contributed by atoms with Crippen molar-refractivity contribution in [1.29, 1.82) is 0 Å². The van der Waals surface area contributed by atoms with Crippen molar-refractivity contribution >= 4 is 5.97 Å². The first-order valence-corrected chi connectivity index (χ1v) is 14.7. The van der Waals surface area contributed by atoms with E-state index in [0.717, 1.165) is 74.4 Å². The quantitative estimate of drug-likeness (QED) is 0.308. The minimum absolute atomic E-state index is 0.0244. The Morgan fingerprint density at radius 3 is 2.29 bits per heavy atom. The number of carbonyl (C=O) groups is 1. The molecule has 0 amide bonds. The van der Waals surface area contributed by atoms with Crippen molar-refractivity contribution in [3.8, 4) is 16.9 Å². The van der Waals surface area contributed by atoms with Crippen molar-refractivity contribution in [3.63, 3.8) is 0 Å². The van der Waals surface area contributed by atoms with Gasteiger partial charge in [-0.1, -0.05) is 0 Å². The Bertz CT molecular complexity index is 1530. The fraction of sp³-hybridized carbons (Fsp3) is 0.455. The summed E-state index contributed by atoms with van der Waals surface area (Å²) in [7, 11) is 0. The van der Waals surface area contributed by atoms with Crippen molar-refractivity contribution in [2.45, 2.75) is 82.9 Å². The number of carboxylic acids is 1. The number of pyridine rings is 1. The number of nitrogens with zero attached hydrogens (tertiary/aromatic N) is 2. The van der Waals surface area contributed by atoms with E-state index in [2.05, 4.69) is 11.0 Å². The molecule has 0 atom stereocenters.